The summed E-state index contributed by atoms with van der Waals surface area (Å²) in [4.78, 5) is 42.4. The number of nitrogens with zero attached hydrogens (tertiary/aromatic N) is 2. The van der Waals surface area contributed by atoms with Crippen LogP contribution in [0.3, 0.4) is 0 Å². The van der Waals surface area contributed by atoms with Gasteiger partial charge in [-0.1, -0.05) is 0 Å². The van der Waals surface area contributed by atoms with Crippen LogP contribution in [0.1, 0.15) is 41.5 Å². The van der Waals surface area contributed by atoms with Gasteiger partial charge in [0.2, 0.25) is 5.78 Å². The molecule has 11 nitrogen and oxygen atoms in total. The van der Waals surface area contributed by atoms with Gasteiger partial charge < -0.3 is 30.9 Å². The molecule has 0 bridgehead atoms. The van der Waals surface area contributed by atoms with Gasteiger partial charge in [0.15, 0.2) is 11.4 Å². The van der Waals surface area contributed by atoms with Gasteiger partial charge in [-0.25, -0.2) is 0 Å². The minimum Gasteiger partial charge on any atom is -0.508 e. The van der Waals surface area contributed by atoms with Crippen molar-refractivity contribution in [1.29, 1.82) is 0 Å². The summed E-state index contributed by atoms with van der Waals surface area (Å²) in [5, 5.41) is 44.9. The number of likely N-dealkylation sites (N-methyl/N-ethyl adjacent to an activating group) is 1. The van der Waals surface area contributed by atoms with Gasteiger partial charge in [-0.2, -0.15) is 13.2 Å². The molecule has 1 heterocycles. The number of amides is 1. The fourth-order valence-electron chi connectivity index (χ4n) is 7.65. The number of carbonyl (C=O) groups is 3. The predicted octanol–water partition coefficient (Wildman–Crippen LogP) is 1.84. The maximum atomic E-state index is 14.8. The highest BCUT2D eigenvalue weighted by molar-refractivity contribution is 6.24. The van der Waals surface area contributed by atoms with Gasteiger partial charge in [0.25, 0.3) is 5.91 Å². The number of piperidine rings is 1. The Hall–Kier alpha value is -3.46. The van der Waals surface area contributed by atoms with E-state index in [1.165, 1.54) is 19.0 Å². The Balaban J connectivity index is 1.63. The molecule has 0 spiro atoms. The van der Waals surface area contributed by atoms with Crippen molar-refractivity contribution in [3.05, 3.63) is 45.2 Å². The van der Waals surface area contributed by atoms with Gasteiger partial charge in [0.1, 0.15) is 22.8 Å². The van der Waals surface area contributed by atoms with E-state index in [1.807, 2.05) is 4.90 Å². The van der Waals surface area contributed by atoms with Gasteiger partial charge in [-0.15, -0.1) is 0 Å². The first kappa shape index (κ1) is 31.9. The van der Waals surface area contributed by atoms with Crippen molar-refractivity contribution >= 4 is 23.2 Å². The smallest absolute Gasteiger partial charge is 0.417 e. The zero-order valence-electron chi connectivity index (χ0n) is 24.6. The minimum atomic E-state index is -4.89. The Kier molecular flexibility index (Phi) is 8.10. The van der Waals surface area contributed by atoms with Crippen molar-refractivity contribution < 1.29 is 52.7 Å². The number of alkyl halides is 3. The van der Waals surface area contributed by atoms with E-state index in [4.69, 9.17) is 10.5 Å². The molecule has 1 aliphatic heterocycles. The van der Waals surface area contributed by atoms with Crippen LogP contribution in [0.25, 0.3) is 5.76 Å². The monoisotopic (exact) mass is 623 g/mol. The molecule has 1 aromatic rings. The van der Waals surface area contributed by atoms with Crippen LogP contribution in [0.15, 0.2) is 23.0 Å². The van der Waals surface area contributed by atoms with Crippen LogP contribution in [-0.2, 0) is 38.3 Å². The van der Waals surface area contributed by atoms with E-state index in [2.05, 4.69) is 0 Å². The number of ether oxygens (including phenoxy) is 1. The predicted molar refractivity (Wildman–Crippen MR) is 149 cm³/mol. The zero-order valence-corrected chi connectivity index (χ0v) is 24.6. The fourth-order valence-corrected chi connectivity index (χ4v) is 7.65. The molecule has 0 aromatic heterocycles. The fraction of sp³-hybridized carbons (Fsp3) is 0.567. The largest absolute Gasteiger partial charge is 0.508 e. The number of hydrogen-bond donors (Lipinski definition) is 5. The van der Waals surface area contributed by atoms with E-state index in [9.17, 15) is 48.0 Å². The zero-order chi connectivity index (χ0) is 32.5. The Morgan fingerprint density at radius 2 is 1.82 bits per heavy atom. The Morgan fingerprint density at radius 3 is 2.36 bits per heavy atom. The number of ketones is 2. The molecule has 0 unspecified atom stereocenters. The molecule has 3 aliphatic carbocycles. The molecule has 14 heteroatoms. The summed E-state index contributed by atoms with van der Waals surface area (Å²) >= 11 is 0. The number of likely N-dealkylation sites (tertiary alicyclic amines) is 1. The highest BCUT2D eigenvalue weighted by Crippen LogP contribution is 2.54. The van der Waals surface area contributed by atoms with Gasteiger partial charge >= 0.3 is 6.18 Å². The summed E-state index contributed by atoms with van der Waals surface area (Å²) < 4.78 is 49.5. The van der Waals surface area contributed by atoms with Crippen LogP contribution in [0.5, 0.6) is 5.75 Å². The summed E-state index contributed by atoms with van der Waals surface area (Å²) in [6.45, 7) is 1.51. The maximum Gasteiger partial charge on any atom is 0.417 e. The number of halogens is 3. The molecule has 1 saturated heterocycles. The molecule has 4 aliphatic rings. The molecule has 4 atom stereocenters. The number of phenolic OH excluding ortho intramolecular Hbond substituents is 1. The highest BCUT2D eigenvalue weighted by Gasteiger charge is 2.64. The number of methoxy groups -OCH3 is 1. The Bertz CT molecular complexity index is 1480. The van der Waals surface area contributed by atoms with Crippen molar-refractivity contribution in [2.24, 2.45) is 23.5 Å². The van der Waals surface area contributed by atoms with E-state index in [0.717, 1.165) is 18.9 Å². The molecule has 5 rings (SSSR count). The SMILES string of the molecule is COCC1CCN(Cc2cc(O)c3c(c2C(F)(F)F)C[C@H]2C[C@H]4[C@H](N(C)C)C(=O)C(C(N)=O)=C(O)[C@@]4(O)C(=O)C2=C3O)CC1. The van der Waals surface area contributed by atoms with E-state index in [0.29, 0.717) is 25.6 Å². The highest BCUT2D eigenvalue weighted by atomic mass is 19.4. The van der Waals surface area contributed by atoms with E-state index < -0.39 is 98.7 Å². The van der Waals surface area contributed by atoms with Gasteiger partial charge in [0.05, 0.1) is 17.2 Å². The summed E-state index contributed by atoms with van der Waals surface area (Å²) in [6.07, 6.45) is -4.17. The number of phenols is 1. The number of aromatic hydroxyl groups is 1. The van der Waals surface area contributed by atoms with Crippen molar-refractivity contribution in [3.8, 4) is 5.75 Å². The molecule has 6 N–H and O–H groups in total. The van der Waals surface area contributed by atoms with Crippen LogP contribution in [0, 0.1) is 17.8 Å². The van der Waals surface area contributed by atoms with E-state index >= 15 is 0 Å². The quantitative estimate of drug-likeness (QED) is 0.294. The third kappa shape index (κ3) is 4.88. The van der Waals surface area contributed by atoms with Crippen LogP contribution in [0.2, 0.25) is 0 Å². The molecule has 44 heavy (non-hydrogen) atoms. The lowest BCUT2D eigenvalue weighted by molar-refractivity contribution is -0.153. The lowest BCUT2D eigenvalue weighted by Gasteiger charge is -2.50. The van der Waals surface area contributed by atoms with E-state index in [1.54, 1.807) is 7.11 Å². The van der Waals surface area contributed by atoms with Gasteiger partial charge in [-0.05, 0) is 81.9 Å². The number of benzene rings is 1. The number of Topliss-reactive ketones (excluding diaryl/α,β-unsaturated/α-hetero) is 2. The topological polar surface area (TPSA) is 174 Å². The third-order valence-electron chi connectivity index (χ3n) is 9.59. The molecular formula is C30H36F3N3O8. The Morgan fingerprint density at radius 1 is 1.18 bits per heavy atom. The van der Waals surface area contributed by atoms with Gasteiger partial charge in [0, 0.05) is 31.8 Å². The number of hydrogen-bond acceptors (Lipinski definition) is 10. The molecule has 1 aromatic carbocycles. The maximum absolute atomic E-state index is 14.8. The lowest BCUT2D eigenvalue weighted by Crippen LogP contribution is -2.65. The number of rotatable bonds is 6. The second kappa shape index (κ2) is 11.2. The summed E-state index contributed by atoms with van der Waals surface area (Å²) in [5.41, 5.74) is -1.22. The van der Waals surface area contributed by atoms with Crippen molar-refractivity contribution in [2.75, 3.05) is 40.9 Å². The molecule has 240 valence electrons. The molecule has 0 radical (unpaired) electrons. The van der Waals surface area contributed by atoms with Crippen LogP contribution >= 0.6 is 0 Å². The number of fused-ring (bicyclic) bond motifs is 3. The summed E-state index contributed by atoms with van der Waals surface area (Å²) in [7, 11) is 4.48. The second-order valence-electron chi connectivity index (χ2n) is 12.4. The first-order valence-corrected chi connectivity index (χ1v) is 14.3. The molecule has 1 saturated carbocycles. The second-order valence-corrected chi connectivity index (χ2v) is 12.4. The summed E-state index contributed by atoms with van der Waals surface area (Å²) in [6, 6.07) is -0.398. The van der Waals surface area contributed by atoms with Crippen molar-refractivity contribution in [1.82, 2.24) is 9.80 Å². The Labute approximate surface area is 251 Å². The number of aliphatic hydroxyl groups is 3. The number of aliphatic hydroxyl groups excluding tert-OH is 2. The minimum absolute atomic E-state index is 0.107. The summed E-state index contributed by atoms with van der Waals surface area (Å²) in [5.74, 6) is -8.71. The molecular weight excluding hydrogens is 587 g/mol. The van der Waals surface area contributed by atoms with Crippen molar-refractivity contribution in [3.63, 3.8) is 0 Å². The molecule has 2 fully saturated rings. The third-order valence-corrected chi connectivity index (χ3v) is 9.59. The molecule has 1 amide bonds. The van der Waals surface area contributed by atoms with Crippen LogP contribution < -0.4 is 5.73 Å². The van der Waals surface area contributed by atoms with E-state index in [-0.39, 0.29) is 18.5 Å². The lowest BCUT2D eigenvalue weighted by atomic mass is 9.57. The average Bonchev–Trinajstić information content (AvgIpc) is 2.90. The van der Waals surface area contributed by atoms with Crippen LogP contribution in [-0.4, -0.2) is 100 Å². The first-order chi connectivity index (χ1) is 20.5. The number of carbonyl (C=O) groups excluding carboxylic acids is 3. The van der Waals surface area contributed by atoms with Crippen LogP contribution in [0.4, 0.5) is 13.2 Å². The van der Waals surface area contributed by atoms with Gasteiger partial charge in [-0.3, -0.25) is 24.2 Å². The van der Waals surface area contributed by atoms with Crippen molar-refractivity contribution in [2.45, 2.75) is 50.0 Å². The number of nitrogens with two attached hydrogens (primary N) is 1. The standard InChI is InChI=1S/C30H36F3N3O8/c1-35(2)23-17-9-14-8-16-20(24(38)19(14)26(40)29(17,43)27(41)21(25(23)39)28(34)42)18(37)10-15(22(16)30(31,32)33)11-36-6-4-13(5-7-36)12-44-3/h10,13-14,17,23,37-38,41,43H,4-9,11-12H2,1-3H3,(H2,34,42)/t14-,17-,23-,29-/m0/s1. The normalized spacial score (nSPS) is 28.3. The first-order valence-electron chi connectivity index (χ1n) is 14.3. The number of primary amides is 1. The average molecular weight is 624 g/mol.